The van der Waals surface area contributed by atoms with Crippen molar-refractivity contribution < 1.29 is 19.1 Å². The second kappa shape index (κ2) is 8.93. The molecule has 0 aliphatic carbocycles. The maximum Gasteiger partial charge on any atom is 0.319 e. The first-order chi connectivity index (χ1) is 6.37. The number of rotatable bonds is 4. The van der Waals surface area contributed by atoms with Crippen LogP contribution in [-0.4, -0.2) is 63.0 Å². The van der Waals surface area contributed by atoms with E-state index in [1.54, 1.807) is 6.92 Å². The lowest BCUT2D eigenvalue weighted by Crippen LogP contribution is -2.36. The lowest BCUT2D eigenvalue weighted by molar-refractivity contribution is -0.870. The van der Waals surface area contributed by atoms with Crippen LogP contribution in [0.15, 0.2) is 0 Å². The number of aliphatic hydroxyl groups is 1. The topological polar surface area (TPSA) is 72.5 Å². The molecule has 0 bridgehead atoms. The number of hydrogen-bond acceptors (Lipinski definition) is 4. The predicted octanol–water partition coefficient (Wildman–Crippen LogP) is -0.807. The van der Waals surface area contributed by atoms with Gasteiger partial charge in [-0.1, -0.05) is 0 Å². The van der Waals surface area contributed by atoms with Crippen LogP contribution in [0.25, 0.3) is 0 Å². The number of carbonyl (C=O) groups is 1. The Bertz CT molecular complexity index is 143. The molecule has 0 rings (SSSR count). The number of likely N-dealkylation sites (N-methyl/N-ethyl adjacent to an activating group) is 1. The fraction of sp³-hybridized carbons (Fsp3) is 0.889. The van der Waals surface area contributed by atoms with Crippen LogP contribution < -0.4 is 5.73 Å². The number of esters is 1. The lowest BCUT2D eigenvalue weighted by Gasteiger charge is -2.21. The number of hydrogen-bond donors (Lipinski definition) is 2. The van der Waals surface area contributed by atoms with Crippen LogP contribution in [0.5, 0.6) is 0 Å². The molecule has 0 radical (unpaired) electrons. The number of ether oxygens (including phenoxy) is 1. The molecule has 86 valence electrons. The van der Waals surface area contributed by atoms with Crippen LogP contribution in [0.1, 0.15) is 6.92 Å². The van der Waals surface area contributed by atoms with Gasteiger partial charge in [0.05, 0.1) is 40.9 Å². The second-order valence-electron chi connectivity index (χ2n) is 3.75. The molecule has 0 saturated heterocycles. The van der Waals surface area contributed by atoms with Gasteiger partial charge in [-0.2, -0.15) is 0 Å². The van der Waals surface area contributed by atoms with E-state index in [1.807, 2.05) is 0 Å². The first kappa shape index (κ1) is 15.8. The molecule has 5 nitrogen and oxygen atoms in total. The smallest absolute Gasteiger partial charge is 0.319 e. The number of nitrogens with two attached hydrogens (primary N) is 1. The van der Waals surface area contributed by atoms with Gasteiger partial charge < -0.3 is 20.1 Å². The largest absolute Gasteiger partial charge is 0.465 e. The summed E-state index contributed by atoms with van der Waals surface area (Å²) in [4.78, 5) is 10.1. The first-order valence-corrected chi connectivity index (χ1v) is 4.64. The summed E-state index contributed by atoms with van der Waals surface area (Å²) >= 11 is 0. The summed E-state index contributed by atoms with van der Waals surface area (Å²) in [6.07, 6.45) is 0. The van der Waals surface area contributed by atoms with Crippen molar-refractivity contribution in [1.29, 1.82) is 0 Å². The quantitative estimate of drug-likeness (QED) is 0.467. The number of nitrogens with zero attached hydrogens (tertiary/aromatic N) is 1. The van der Waals surface area contributed by atoms with Gasteiger partial charge >= 0.3 is 5.97 Å². The molecule has 0 spiro atoms. The van der Waals surface area contributed by atoms with Crippen LogP contribution in [0, 0.1) is 0 Å². The molecule has 0 aliphatic rings. The molecule has 0 saturated carbocycles. The van der Waals surface area contributed by atoms with Crippen LogP contribution in [0.4, 0.5) is 0 Å². The van der Waals surface area contributed by atoms with Crippen molar-refractivity contribution >= 4 is 5.97 Å². The summed E-state index contributed by atoms with van der Waals surface area (Å²) in [5.41, 5.74) is 4.88. The maximum atomic E-state index is 10.1. The number of carbonyl (C=O) groups excluding carboxylic acids is 1. The first-order valence-electron chi connectivity index (χ1n) is 4.64. The zero-order valence-electron chi connectivity index (χ0n) is 9.62. The van der Waals surface area contributed by atoms with Crippen LogP contribution in [0.3, 0.4) is 0 Å². The molecular formula is C9H23N2O3+. The summed E-state index contributed by atoms with van der Waals surface area (Å²) in [6.45, 7) is 3.25. The minimum Gasteiger partial charge on any atom is -0.465 e. The van der Waals surface area contributed by atoms with Gasteiger partial charge in [0.15, 0.2) is 0 Å². The highest BCUT2D eigenvalue weighted by Gasteiger charge is 2.02. The van der Waals surface area contributed by atoms with E-state index in [2.05, 4.69) is 25.9 Å². The highest BCUT2D eigenvalue weighted by molar-refractivity contribution is 5.71. The Kier molecular flexibility index (Phi) is 10.1. The van der Waals surface area contributed by atoms with Crippen molar-refractivity contribution in [3.8, 4) is 0 Å². The molecule has 0 aromatic rings. The Morgan fingerprint density at radius 1 is 1.43 bits per heavy atom. The SMILES string of the molecule is CCOC(=O)CN.C[N+](C)(C)CCO. The van der Waals surface area contributed by atoms with Gasteiger partial charge in [0.2, 0.25) is 0 Å². The highest BCUT2D eigenvalue weighted by Crippen LogP contribution is 1.84. The van der Waals surface area contributed by atoms with E-state index >= 15 is 0 Å². The molecule has 5 heteroatoms. The Hall–Kier alpha value is -0.650. The molecule has 14 heavy (non-hydrogen) atoms. The minimum atomic E-state index is -0.345. The van der Waals surface area contributed by atoms with E-state index in [1.165, 1.54) is 0 Å². The highest BCUT2D eigenvalue weighted by atomic mass is 16.5. The molecule has 0 aromatic carbocycles. The summed E-state index contributed by atoms with van der Waals surface area (Å²) < 4.78 is 5.27. The third-order valence-electron chi connectivity index (χ3n) is 1.24. The lowest BCUT2D eigenvalue weighted by atomic mass is 10.5. The van der Waals surface area contributed by atoms with Gasteiger partial charge in [0.25, 0.3) is 0 Å². The van der Waals surface area contributed by atoms with E-state index in [4.69, 9.17) is 10.8 Å². The predicted molar refractivity (Wildman–Crippen MR) is 55.7 cm³/mol. The summed E-state index contributed by atoms with van der Waals surface area (Å²) in [7, 11) is 6.16. The Morgan fingerprint density at radius 3 is 2.00 bits per heavy atom. The van der Waals surface area contributed by atoms with E-state index in [-0.39, 0.29) is 19.1 Å². The van der Waals surface area contributed by atoms with Crippen molar-refractivity contribution in [2.75, 3.05) is 47.4 Å². The van der Waals surface area contributed by atoms with Gasteiger partial charge in [-0.15, -0.1) is 0 Å². The molecule has 3 N–H and O–H groups in total. The second-order valence-corrected chi connectivity index (χ2v) is 3.75. The Morgan fingerprint density at radius 2 is 1.93 bits per heavy atom. The summed E-state index contributed by atoms with van der Waals surface area (Å²) in [5.74, 6) is -0.345. The minimum absolute atomic E-state index is 0.0200. The molecule has 0 heterocycles. The van der Waals surface area contributed by atoms with Crippen molar-refractivity contribution in [3.63, 3.8) is 0 Å². The van der Waals surface area contributed by atoms with Crippen LogP contribution >= 0.6 is 0 Å². The fourth-order valence-electron chi connectivity index (χ4n) is 0.520. The molecular weight excluding hydrogens is 184 g/mol. The zero-order valence-corrected chi connectivity index (χ0v) is 9.62. The van der Waals surface area contributed by atoms with Gasteiger partial charge in [-0.25, -0.2) is 0 Å². The molecule has 0 unspecified atom stereocenters. The van der Waals surface area contributed by atoms with Gasteiger partial charge in [0.1, 0.15) is 6.54 Å². The molecule has 0 aromatic heterocycles. The average molecular weight is 207 g/mol. The van der Waals surface area contributed by atoms with Crippen molar-refractivity contribution in [3.05, 3.63) is 0 Å². The van der Waals surface area contributed by atoms with Crippen molar-refractivity contribution in [2.24, 2.45) is 5.73 Å². The van der Waals surface area contributed by atoms with Gasteiger partial charge in [0, 0.05) is 0 Å². The monoisotopic (exact) mass is 207 g/mol. The number of aliphatic hydroxyl groups excluding tert-OH is 1. The van der Waals surface area contributed by atoms with E-state index in [0.29, 0.717) is 6.61 Å². The Labute approximate surface area is 86.0 Å². The van der Waals surface area contributed by atoms with Crippen molar-refractivity contribution in [1.82, 2.24) is 0 Å². The van der Waals surface area contributed by atoms with Crippen molar-refractivity contribution in [2.45, 2.75) is 6.92 Å². The van der Waals surface area contributed by atoms with Gasteiger partial charge in [-0.3, -0.25) is 4.79 Å². The normalized spacial score (nSPS) is 10.1. The molecule has 0 aliphatic heterocycles. The third-order valence-corrected chi connectivity index (χ3v) is 1.24. The van der Waals surface area contributed by atoms with E-state index in [9.17, 15) is 4.79 Å². The summed E-state index contributed by atoms with van der Waals surface area (Å²) in [5, 5.41) is 8.39. The van der Waals surface area contributed by atoms with Gasteiger partial charge in [-0.05, 0) is 6.92 Å². The van der Waals surface area contributed by atoms with E-state index in [0.717, 1.165) is 11.0 Å². The maximum absolute atomic E-state index is 10.1. The summed E-state index contributed by atoms with van der Waals surface area (Å²) in [6, 6.07) is 0. The molecule has 0 amide bonds. The van der Waals surface area contributed by atoms with Crippen LogP contribution in [0.2, 0.25) is 0 Å². The number of quaternary nitrogens is 1. The van der Waals surface area contributed by atoms with E-state index < -0.39 is 0 Å². The van der Waals surface area contributed by atoms with Crippen LogP contribution in [-0.2, 0) is 9.53 Å². The molecule has 0 atom stereocenters. The standard InChI is InChI=1S/C5H14NO.C4H9NO2/c1-6(2,3)4-5-7;1-2-7-4(6)3-5/h7H,4-5H2,1-3H3;2-3,5H2,1H3/q+1;. The average Bonchev–Trinajstić information content (AvgIpc) is 2.03. The third kappa shape index (κ3) is 17.4. The fourth-order valence-corrected chi connectivity index (χ4v) is 0.520. The zero-order chi connectivity index (χ0) is 11.6. The Balaban J connectivity index is 0. The molecule has 0 fully saturated rings.